The van der Waals surface area contributed by atoms with E-state index in [4.69, 9.17) is 12.2 Å². The van der Waals surface area contributed by atoms with Crippen LogP contribution in [0.15, 0.2) is 54.6 Å². The second-order valence-electron chi connectivity index (χ2n) is 6.57. The van der Waals surface area contributed by atoms with Crippen molar-refractivity contribution in [2.24, 2.45) is 0 Å². The Morgan fingerprint density at radius 3 is 2.46 bits per heavy atom. The number of hydrogen-bond donors (Lipinski definition) is 1. The zero-order valence-electron chi connectivity index (χ0n) is 15.6. The number of rotatable bonds is 7. The minimum atomic E-state index is -0.556. The van der Waals surface area contributed by atoms with Crippen molar-refractivity contribution in [2.45, 2.75) is 25.8 Å². The summed E-state index contributed by atoms with van der Waals surface area (Å²) in [5, 5.41) is 3.39. The predicted octanol–water partition coefficient (Wildman–Crippen LogP) is 3.68. The highest BCUT2D eigenvalue weighted by molar-refractivity contribution is 14.1. The lowest BCUT2D eigenvalue weighted by atomic mass is 10.1. The molecule has 0 bridgehead atoms. The van der Waals surface area contributed by atoms with Crippen LogP contribution in [0.1, 0.15) is 18.9 Å². The van der Waals surface area contributed by atoms with Gasteiger partial charge in [-0.05, 0) is 78.0 Å². The first-order valence-corrected chi connectivity index (χ1v) is 10.7. The Balaban J connectivity index is 1.69. The molecule has 0 radical (unpaired) electrons. The summed E-state index contributed by atoms with van der Waals surface area (Å²) in [7, 11) is 0. The molecule has 1 saturated heterocycles. The fourth-order valence-electron chi connectivity index (χ4n) is 3.25. The molecule has 0 saturated carbocycles. The third-order valence-electron chi connectivity index (χ3n) is 4.71. The van der Waals surface area contributed by atoms with Gasteiger partial charge >= 0.3 is 0 Å². The molecule has 2 aromatic carbocycles. The van der Waals surface area contributed by atoms with E-state index in [0.717, 1.165) is 15.7 Å². The molecule has 1 N–H and O–H groups in total. The Morgan fingerprint density at radius 2 is 1.82 bits per heavy atom. The van der Waals surface area contributed by atoms with Gasteiger partial charge in [0.25, 0.3) is 5.91 Å². The first-order valence-electron chi connectivity index (χ1n) is 9.21. The number of amides is 2. The maximum atomic E-state index is 12.8. The highest BCUT2D eigenvalue weighted by Crippen LogP contribution is 2.22. The van der Waals surface area contributed by atoms with E-state index < -0.39 is 6.04 Å². The van der Waals surface area contributed by atoms with Crippen molar-refractivity contribution in [1.82, 2.24) is 9.80 Å². The summed E-state index contributed by atoms with van der Waals surface area (Å²) >= 11 is 7.74. The molecule has 146 valence electrons. The third kappa shape index (κ3) is 4.88. The Kier molecular flexibility index (Phi) is 7.01. The zero-order chi connectivity index (χ0) is 20.1. The molecule has 3 rings (SSSR count). The van der Waals surface area contributed by atoms with E-state index in [1.165, 1.54) is 5.56 Å². The summed E-state index contributed by atoms with van der Waals surface area (Å²) < 4.78 is 1.09. The lowest BCUT2D eigenvalue weighted by Gasteiger charge is -2.23. The average molecular weight is 507 g/mol. The number of nitrogens with one attached hydrogen (secondary N) is 1. The van der Waals surface area contributed by atoms with E-state index in [-0.39, 0.29) is 18.2 Å². The monoisotopic (exact) mass is 507 g/mol. The van der Waals surface area contributed by atoms with Crippen molar-refractivity contribution in [3.8, 4) is 0 Å². The van der Waals surface area contributed by atoms with Crippen molar-refractivity contribution in [1.29, 1.82) is 0 Å². The number of anilines is 1. The van der Waals surface area contributed by atoms with Crippen LogP contribution in [0.4, 0.5) is 5.69 Å². The number of nitrogens with zero attached hydrogens (tertiary/aromatic N) is 2. The van der Waals surface area contributed by atoms with Crippen molar-refractivity contribution < 1.29 is 9.59 Å². The van der Waals surface area contributed by atoms with Gasteiger partial charge in [-0.2, -0.15) is 0 Å². The smallest absolute Gasteiger partial charge is 0.252 e. The van der Waals surface area contributed by atoms with E-state index in [0.29, 0.717) is 18.2 Å². The van der Waals surface area contributed by atoms with Gasteiger partial charge in [-0.1, -0.05) is 30.3 Å². The number of benzene rings is 2. The van der Waals surface area contributed by atoms with Crippen LogP contribution in [-0.2, 0) is 16.0 Å². The van der Waals surface area contributed by atoms with Gasteiger partial charge in [0.2, 0.25) is 5.91 Å². The van der Waals surface area contributed by atoms with Gasteiger partial charge < -0.3 is 10.2 Å². The molecule has 0 aliphatic carbocycles. The number of thiocarbonyl (C=S) groups is 1. The lowest BCUT2D eigenvalue weighted by Crippen LogP contribution is -2.39. The molecule has 2 amide bonds. The molecule has 1 unspecified atom stereocenters. The molecule has 28 heavy (non-hydrogen) atoms. The fourth-order valence-corrected chi connectivity index (χ4v) is 4.05. The Morgan fingerprint density at radius 1 is 1.14 bits per heavy atom. The van der Waals surface area contributed by atoms with Gasteiger partial charge in [0.1, 0.15) is 6.04 Å². The molecule has 0 aromatic heterocycles. The quantitative estimate of drug-likeness (QED) is 0.459. The Bertz CT molecular complexity index is 858. The largest absolute Gasteiger partial charge is 0.336 e. The second-order valence-corrected chi connectivity index (χ2v) is 8.18. The second kappa shape index (κ2) is 9.47. The van der Waals surface area contributed by atoms with E-state index >= 15 is 0 Å². The van der Waals surface area contributed by atoms with Crippen LogP contribution in [0.25, 0.3) is 0 Å². The summed E-state index contributed by atoms with van der Waals surface area (Å²) in [6, 6.07) is 17.1. The first-order chi connectivity index (χ1) is 13.5. The number of hydrogen-bond acceptors (Lipinski definition) is 3. The van der Waals surface area contributed by atoms with Crippen LogP contribution in [0, 0.1) is 3.57 Å². The third-order valence-corrected chi connectivity index (χ3v) is 5.89. The summed E-state index contributed by atoms with van der Waals surface area (Å²) in [5.41, 5.74) is 1.90. The summed E-state index contributed by atoms with van der Waals surface area (Å²) in [6.07, 6.45) is 0.845. The predicted molar refractivity (Wildman–Crippen MR) is 123 cm³/mol. The SMILES string of the molecule is CCN1C(=O)C(CC(=O)Nc2ccc(I)cc2)N(CCc2ccccc2)C1=S. The number of carbonyl (C=O) groups is 2. The van der Waals surface area contributed by atoms with Gasteiger partial charge in [0.05, 0.1) is 6.42 Å². The maximum absolute atomic E-state index is 12.8. The first kappa shape index (κ1) is 20.7. The van der Waals surface area contributed by atoms with Gasteiger partial charge in [0.15, 0.2) is 5.11 Å². The molecular formula is C21H22IN3O2S. The highest BCUT2D eigenvalue weighted by Gasteiger charge is 2.42. The topological polar surface area (TPSA) is 52.7 Å². The number of likely N-dealkylation sites (N-methyl/N-ethyl adjacent to an activating group) is 1. The molecule has 1 aliphatic rings. The average Bonchev–Trinajstić information content (AvgIpc) is 2.92. The minimum Gasteiger partial charge on any atom is -0.336 e. The molecule has 1 atom stereocenters. The highest BCUT2D eigenvalue weighted by atomic mass is 127. The van der Waals surface area contributed by atoms with Crippen molar-refractivity contribution in [3.63, 3.8) is 0 Å². The van der Waals surface area contributed by atoms with Crippen molar-refractivity contribution in [2.75, 3.05) is 18.4 Å². The van der Waals surface area contributed by atoms with Crippen LogP contribution in [0.3, 0.4) is 0 Å². The van der Waals surface area contributed by atoms with E-state index in [1.807, 2.05) is 54.3 Å². The van der Waals surface area contributed by atoms with E-state index in [1.54, 1.807) is 4.90 Å². The standard InChI is InChI=1S/C21H22IN3O2S/c1-2-24-20(27)18(14-19(26)23-17-10-8-16(22)9-11-17)25(21(24)28)13-12-15-6-4-3-5-7-15/h3-11,18H,2,12-14H2,1H3,(H,23,26). The van der Waals surface area contributed by atoms with Crippen molar-refractivity contribution >= 4 is 57.4 Å². The number of halogens is 1. The lowest BCUT2D eigenvalue weighted by molar-refractivity contribution is -0.130. The van der Waals surface area contributed by atoms with Crippen LogP contribution < -0.4 is 5.32 Å². The molecular weight excluding hydrogens is 485 g/mol. The van der Waals surface area contributed by atoms with Gasteiger partial charge in [-0.3, -0.25) is 14.5 Å². The molecule has 2 aromatic rings. The summed E-state index contributed by atoms with van der Waals surface area (Å²) in [4.78, 5) is 28.9. The van der Waals surface area contributed by atoms with Crippen LogP contribution >= 0.6 is 34.8 Å². The maximum Gasteiger partial charge on any atom is 0.252 e. The summed E-state index contributed by atoms with van der Waals surface area (Å²) in [5.74, 6) is -0.289. The molecule has 0 spiro atoms. The van der Waals surface area contributed by atoms with Gasteiger partial charge in [0, 0.05) is 22.3 Å². The molecule has 1 heterocycles. The Labute approximate surface area is 184 Å². The zero-order valence-corrected chi connectivity index (χ0v) is 18.6. The molecule has 1 aliphatic heterocycles. The van der Waals surface area contributed by atoms with Crippen LogP contribution in [0.5, 0.6) is 0 Å². The fraction of sp³-hybridized carbons (Fsp3) is 0.286. The van der Waals surface area contributed by atoms with E-state index in [2.05, 4.69) is 40.0 Å². The van der Waals surface area contributed by atoms with Gasteiger partial charge in [-0.25, -0.2) is 0 Å². The van der Waals surface area contributed by atoms with E-state index in [9.17, 15) is 9.59 Å². The Hall–Kier alpha value is -2.00. The van der Waals surface area contributed by atoms with Crippen molar-refractivity contribution in [3.05, 3.63) is 63.7 Å². The molecule has 5 nitrogen and oxygen atoms in total. The van der Waals surface area contributed by atoms with Gasteiger partial charge in [-0.15, -0.1) is 0 Å². The molecule has 1 fully saturated rings. The minimum absolute atomic E-state index is 0.0796. The normalized spacial score (nSPS) is 16.6. The number of carbonyl (C=O) groups excluding carboxylic acids is 2. The van der Waals surface area contributed by atoms with Crippen LogP contribution in [0.2, 0.25) is 0 Å². The molecule has 7 heteroatoms. The van der Waals surface area contributed by atoms with Crippen LogP contribution in [-0.4, -0.2) is 45.9 Å². The summed E-state index contributed by atoms with van der Waals surface area (Å²) in [6.45, 7) is 3.01.